The summed E-state index contributed by atoms with van der Waals surface area (Å²) in [5.74, 6) is 1.24. The zero-order chi connectivity index (χ0) is 30.7. The molecule has 3 heterocycles. The molecule has 1 N–H and O–H groups in total. The first-order valence-electron chi connectivity index (χ1n) is 15.5. The fourth-order valence-electron chi connectivity index (χ4n) is 5.83. The average Bonchev–Trinajstić information content (AvgIpc) is 3.65. The van der Waals surface area contributed by atoms with Gasteiger partial charge in [-0.25, -0.2) is 4.68 Å². The number of carbonyl (C=O) groups is 1. The quantitative estimate of drug-likeness (QED) is 0.139. The van der Waals surface area contributed by atoms with Crippen LogP contribution >= 0.6 is 0 Å². The third kappa shape index (κ3) is 6.49. The molecule has 2 aromatic carbocycles. The van der Waals surface area contributed by atoms with Gasteiger partial charge in [-0.15, -0.1) is 0 Å². The van der Waals surface area contributed by atoms with Crippen LogP contribution in [0.5, 0.6) is 5.75 Å². The highest BCUT2D eigenvalue weighted by Gasteiger charge is 2.34. The molecule has 2 aliphatic rings. The third-order valence-electron chi connectivity index (χ3n) is 8.21. The molecule has 1 aliphatic heterocycles. The molecule has 0 fully saturated rings. The Morgan fingerprint density at radius 1 is 0.955 bits per heavy atom. The number of hydrogen-bond acceptors (Lipinski definition) is 6. The summed E-state index contributed by atoms with van der Waals surface area (Å²) in [6.07, 6.45) is 9.09. The Balaban J connectivity index is 1.38. The zero-order valence-electron chi connectivity index (χ0n) is 26.1. The number of nitrogens with zero attached hydrogens (tertiary/aromatic N) is 4. The van der Waals surface area contributed by atoms with Gasteiger partial charge >= 0.3 is 0 Å². The average molecular weight is 608 g/mol. The second kappa shape index (κ2) is 12.8. The molecule has 2 aromatic heterocycles. The summed E-state index contributed by atoms with van der Waals surface area (Å²) in [4.78, 5) is 14.4. The normalized spacial score (nSPS) is 15.3. The molecular weight excluding hydrogens is 567 g/mol. The number of aromatic nitrogens is 4. The Hall–Kier alpha value is -4.21. The Labute approximate surface area is 260 Å². The highest BCUT2D eigenvalue weighted by molar-refractivity contribution is 6.76. The molecule has 228 valence electrons. The van der Waals surface area contributed by atoms with E-state index in [0.29, 0.717) is 24.5 Å². The molecule has 0 saturated heterocycles. The Morgan fingerprint density at radius 2 is 1.75 bits per heavy atom. The van der Waals surface area contributed by atoms with Crippen LogP contribution in [0.25, 0.3) is 22.4 Å². The summed E-state index contributed by atoms with van der Waals surface area (Å²) in [6.45, 7) is 8.15. The van der Waals surface area contributed by atoms with Gasteiger partial charge in [-0.3, -0.25) is 4.79 Å². The van der Waals surface area contributed by atoms with Crippen molar-refractivity contribution in [2.75, 3.05) is 19.0 Å². The van der Waals surface area contributed by atoms with Crippen LogP contribution in [0, 0.1) is 0 Å². The summed E-state index contributed by atoms with van der Waals surface area (Å²) < 4.78 is 14.7. The van der Waals surface area contributed by atoms with Gasteiger partial charge < -0.3 is 14.8 Å². The first kappa shape index (κ1) is 29.8. The molecule has 8 nitrogen and oxygen atoms in total. The molecule has 0 bridgehead atoms. The smallest absolute Gasteiger partial charge is 0.280 e. The second-order valence-electron chi connectivity index (χ2n) is 12.7. The van der Waals surface area contributed by atoms with Crippen molar-refractivity contribution in [1.29, 1.82) is 0 Å². The molecule has 0 atom stereocenters. The second-order valence-corrected chi connectivity index (χ2v) is 18.3. The van der Waals surface area contributed by atoms with Crippen molar-refractivity contribution in [3.05, 3.63) is 95.5 Å². The van der Waals surface area contributed by atoms with Gasteiger partial charge in [0.15, 0.2) is 5.82 Å². The number of hydrogen-bond donors (Lipinski definition) is 1. The highest BCUT2D eigenvalue weighted by atomic mass is 28.3. The van der Waals surface area contributed by atoms with Gasteiger partial charge in [-0.05, 0) is 55.0 Å². The van der Waals surface area contributed by atoms with Gasteiger partial charge in [0.2, 0.25) is 0 Å². The minimum Gasteiger partial charge on any atom is -0.497 e. The minimum absolute atomic E-state index is 0.159. The SMILES string of the molecule is COc1ccc(C2=C(Nc3ccn(COCC[Si](C)(C)C)n3)Cc3c(C4=CCCCC4)c(-c4ccccc4)nn3C2=O)cc1. The van der Waals surface area contributed by atoms with E-state index in [9.17, 15) is 4.79 Å². The van der Waals surface area contributed by atoms with Crippen LogP contribution < -0.4 is 10.1 Å². The Bertz CT molecular complexity index is 1690. The van der Waals surface area contributed by atoms with Gasteiger partial charge in [0.1, 0.15) is 18.2 Å². The number of methoxy groups -OCH3 is 1. The predicted octanol–water partition coefficient (Wildman–Crippen LogP) is 7.74. The molecule has 0 spiro atoms. The van der Waals surface area contributed by atoms with Crippen LogP contribution in [0.2, 0.25) is 25.7 Å². The number of ether oxygens (including phenoxy) is 2. The van der Waals surface area contributed by atoms with Gasteiger partial charge in [-0.2, -0.15) is 14.9 Å². The molecule has 6 rings (SSSR count). The number of fused-ring (bicyclic) bond motifs is 1. The molecule has 1 aliphatic carbocycles. The number of carbonyl (C=O) groups excluding carboxylic acids is 1. The van der Waals surface area contributed by atoms with Crippen LogP contribution in [0.4, 0.5) is 5.82 Å². The van der Waals surface area contributed by atoms with E-state index < -0.39 is 8.07 Å². The van der Waals surface area contributed by atoms with Crippen molar-refractivity contribution >= 4 is 30.9 Å². The van der Waals surface area contributed by atoms with Crippen LogP contribution in [0.15, 0.2) is 78.6 Å². The predicted molar refractivity (Wildman–Crippen MR) is 178 cm³/mol. The lowest BCUT2D eigenvalue weighted by Crippen LogP contribution is -2.27. The third-order valence-corrected chi connectivity index (χ3v) is 9.91. The Kier molecular flexibility index (Phi) is 8.68. The van der Waals surface area contributed by atoms with Gasteiger partial charge in [0.25, 0.3) is 5.91 Å². The van der Waals surface area contributed by atoms with E-state index >= 15 is 0 Å². The largest absolute Gasteiger partial charge is 0.497 e. The molecule has 4 aromatic rings. The van der Waals surface area contributed by atoms with E-state index in [0.717, 1.165) is 71.4 Å². The summed E-state index contributed by atoms with van der Waals surface area (Å²) in [6, 6.07) is 20.8. The van der Waals surface area contributed by atoms with E-state index in [1.165, 1.54) is 12.0 Å². The molecule has 0 saturated carbocycles. The number of allylic oxidation sites excluding steroid dienone is 4. The minimum atomic E-state index is -1.16. The number of rotatable bonds is 11. The highest BCUT2D eigenvalue weighted by Crippen LogP contribution is 2.40. The molecule has 0 amide bonds. The summed E-state index contributed by atoms with van der Waals surface area (Å²) in [7, 11) is 0.477. The number of benzene rings is 2. The summed E-state index contributed by atoms with van der Waals surface area (Å²) in [5.41, 5.74) is 7.32. The molecule has 0 radical (unpaired) electrons. The lowest BCUT2D eigenvalue weighted by atomic mass is 9.88. The standard InChI is InChI=1S/C35H41N5O3Si/c1-42-28-17-15-26(16-18-28)32-29(36-31-19-20-39(37-31)24-43-21-22-44(2,3)4)23-30-33(25-11-7-5-8-12-25)34(38-40(30)35(32)41)27-13-9-6-10-14-27/h6,9-11,13-20H,5,7-8,12,21-24H2,1-4H3,(H,36,37). The van der Waals surface area contributed by atoms with Gasteiger partial charge in [0, 0.05) is 50.2 Å². The maximum Gasteiger partial charge on any atom is 0.280 e. The fraction of sp³-hybridized carbons (Fsp3) is 0.343. The Morgan fingerprint density at radius 3 is 2.45 bits per heavy atom. The van der Waals surface area contributed by atoms with Crippen molar-refractivity contribution in [2.24, 2.45) is 0 Å². The van der Waals surface area contributed by atoms with E-state index in [-0.39, 0.29) is 5.91 Å². The number of nitrogens with one attached hydrogen (secondary N) is 1. The number of anilines is 1. The molecule has 0 unspecified atom stereocenters. The van der Waals surface area contributed by atoms with E-state index in [4.69, 9.17) is 19.7 Å². The maximum absolute atomic E-state index is 14.4. The lowest BCUT2D eigenvalue weighted by Gasteiger charge is -2.23. The lowest BCUT2D eigenvalue weighted by molar-refractivity contribution is 0.0788. The topological polar surface area (TPSA) is 83.2 Å². The molecule has 44 heavy (non-hydrogen) atoms. The first-order valence-corrected chi connectivity index (χ1v) is 19.2. The van der Waals surface area contributed by atoms with E-state index in [1.54, 1.807) is 16.5 Å². The molecular formula is C35H41N5O3Si. The van der Waals surface area contributed by atoms with Crippen LogP contribution in [-0.2, 0) is 17.9 Å². The summed E-state index contributed by atoms with van der Waals surface area (Å²) >= 11 is 0. The van der Waals surface area contributed by atoms with E-state index in [2.05, 4.69) is 43.2 Å². The fourth-order valence-corrected chi connectivity index (χ4v) is 6.59. The van der Waals surface area contributed by atoms with Crippen molar-refractivity contribution in [1.82, 2.24) is 19.6 Å². The summed E-state index contributed by atoms with van der Waals surface area (Å²) in [5, 5.41) is 13.3. The molecule has 9 heteroatoms. The van der Waals surface area contributed by atoms with Crippen LogP contribution in [-0.4, -0.2) is 47.3 Å². The van der Waals surface area contributed by atoms with Crippen LogP contribution in [0.3, 0.4) is 0 Å². The maximum atomic E-state index is 14.4. The van der Waals surface area contributed by atoms with Crippen molar-refractivity contribution in [3.8, 4) is 17.0 Å². The zero-order valence-corrected chi connectivity index (χ0v) is 27.1. The van der Waals surface area contributed by atoms with Crippen molar-refractivity contribution in [3.63, 3.8) is 0 Å². The first-order chi connectivity index (χ1) is 21.3. The van der Waals surface area contributed by atoms with Gasteiger partial charge in [-0.1, -0.05) is 68.2 Å². The van der Waals surface area contributed by atoms with Crippen molar-refractivity contribution in [2.45, 2.75) is 64.5 Å². The monoisotopic (exact) mass is 607 g/mol. The van der Waals surface area contributed by atoms with Gasteiger partial charge in [0.05, 0.1) is 18.4 Å². The van der Waals surface area contributed by atoms with Crippen molar-refractivity contribution < 1.29 is 14.3 Å². The van der Waals surface area contributed by atoms with E-state index in [1.807, 2.05) is 54.7 Å². The van der Waals surface area contributed by atoms with Crippen LogP contribution in [0.1, 0.15) is 47.3 Å².